The summed E-state index contributed by atoms with van der Waals surface area (Å²) in [6.45, 7) is 8.00. The lowest BCUT2D eigenvalue weighted by atomic mass is 9.92. The number of amides is 2. The van der Waals surface area contributed by atoms with Gasteiger partial charge in [0.1, 0.15) is 0 Å². The zero-order valence-corrected chi connectivity index (χ0v) is 17.6. The number of hydrogen-bond donors (Lipinski definition) is 2. The minimum absolute atomic E-state index is 0.0150. The number of thioether (sulfide) groups is 1. The van der Waals surface area contributed by atoms with Crippen molar-refractivity contribution in [1.82, 2.24) is 0 Å². The van der Waals surface area contributed by atoms with Gasteiger partial charge >= 0.3 is 0 Å². The Labute approximate surface area is 170 Å². The van der Waals surface area contributed by atoms with Gasteiger partial charge in [0.05, 0.1) is 5.75 Å². The van der Waals surface area contributed by atoms with Crippen molar-refractivity contribution in [3.63, 3.8) is 0 Å². The van der Waals surface area contributed by atoms with E-state index in [1.165, 1.54) is 11.8 Å². The van der Waals surface area contributed by atoms with Crippen LogP contribution in [0, 0.1) is 12.3 Å². The summed E-state index contributed by atoms with van der Waals surface area (Å²) >= 11 is 7.40. The number of anilines is 2. The largest absolute Gasteiger partial charge is 0.326 e. The summed E-state index contributed by atoms with van der Waals surface area (Å²) in [5, 5.41) is 6.38. The molecule has 0 spiro atoms. The van der Waals surface area contributed by atoms with Crippen LogP contribution in [0.2, 0.25) is 5.02 Å². The van der Waals surface area contributed by atoms with Crippen LogP contribution in [0.15, 0.2) is 47.4 Å². The zero-order valence-electron chi connectivity index (χ0n) is 16.1. The Morgan fingerprint density at radius 2 is 1.78 bits per heavy atom. The van der Waals surface area contributed by atoms with Crippen molar-refractivity contribution < 1.29 is 9.59 Å². The summed E-state index contributed by atoms with van der Waals surface area (Å²) in [4.78, 5) is 25.2. The van der Waals surface area contributed by atoms with Crippen molar-refractivity contribution in [2.24, 2.45) is 5.41 Å². The maximum atomic E-state index is 12.2. The van der Waals surface area contributed by atoms with E-state index in [1.807, 2.05) is 58.0 Å². The molecule has 0 aromatic heterocycles. The molecule has 0 aliphatic heterocycles. The second kappa shape index (κ2) is 9.29. The van der Waals surface area contributed by atoms with Gasteiger partial charge in [0.2, 0.25) is 11.8 Å². The zero-order chi connectivity index (χ0) is 20.0. The summed E-state index contributed by atoms with van der Waals surface area (Å²) in [7, 11) is 0. The molecule has 0 saturated carbocycles. The van der Waals surface area contributed by atoms with Crippen LogP contribution < -0.4 is 10.6 Å². The molecule has 0 aliphatic rings. The summed E-state index contributed by atoms with van der Waals surface area (Å²) in [5.74, 6) is 0.150. The maximum absolute atomic E-state index is 12.2. The fourth-order valence-electron chi connectivity index (χ4n) is 2.41. The van der Waals surface area contributed by atoms with Crippen molar-refractivity contribution in [3.05, 3.63) is 53.1 Å². The third kappa shape index (κ3) is 7.65. The number of benzene rings is 2. The predicted molar refractivity (Wildman–Crippen MR) is 115 cm³/mol. The topological polar surface area (TPSA) is 58.2 Å². The van der Waals surface area contributed by atoms with E-state index >= 15 is 0 Å². The van der Waals surface area contributed by atoms with E-state index < -0.39 is 0 Å². The molecular formula is C21H25ClN2O2S. The number of carbonyl (C=O) groups excluding carboxylic acids is 2. The first-order valence-electron chi connectivity index (χ1n) is 8.71. The van der Waals surface area contributed by atoms with Gasteiger partial charge in [0, 0.05) is 27.7 Å². The van der Waals surface area contributed by atoms with Crippen LogP contribution in [-0.4, -0.2) is 17.6 Å². The van der Waals surface area contributed by atoms with Crippen molar-refractivity contribution in [2.45, 2.75) is 39.0 Å². The van der Waals surface area contributed by atoms with Gasteiger partial charge in [-0.1, -0.05) is 44.5 Å². The monoisotopic (exact) mass is 404 g/mol. The van der Waals surface area contributed by atoms with E-state index in [4.69, 9.17) is 11.6 Å². The van der Waals surface area contributed by atoms with E-state index in [9.17, 15) is 9.59 Å². The predicted octanol–water partition coefficient (Wildman–Crippen LogP) is 5.75. The molecule has 0 fully saturated rings. The summed E-state index contributed by atoms with van der Waals surface area (Å²) < 4.78 is 0. The smallest absolute Gasteiger partial charge is 0.234 e. The van der Waals surface area contributed by atoms with Crippen molar-refractivity contribution in [3.8, 4) is 0 Å². The van der Waals surface area contributed by atoms with Gasteiger partial charge in [-0.05, 0) is 48.2 Å². The first-order valence-corrected chi connectivity index (χ1v) is 10.1. The van der Waals surface area contributed by atoms with Gasteiger partial charge in [-0.15, -0.1) is 11.8 Å². The molecule has 4 nitrogen and oxygen atoms in total. The lowest BCUT2D eigenvalue weighted by molar-refractivity contribution is -0.118. The van der Waals surface area contributed by atoms with Crippen molar-refractivity contribution in [2.75, 3.05) is 16.4 Å². The number of rotatable bonds is 6. The molecule has 0 saturated heterocycles. The molecule has 27 heavy (non-hydrogen) atoms. The Morgan fingerprint density at radius 3 is 2.48 bits per heavy atom. The minimum atomic E-state index is -0.104. The number of hydrogen-bond acceptors (Lipinski definition) is 3. The highest BCUT2D eigenvalue weighted by Crippen LogP contribution is 2.25. The standard InChI is InChI=1S/C21H25ClN2O2S/c1-14-8-9-15(22)10-18(14)24-20(26)13-27-17-7-5-6-16(11-17)23-19(25)12-21(2,3)4/h5-11H,12-13H2,1-4H3,(H,23,25)(H,24,26). The van der Waals surface area contributed by atoms with Crippen LogP contribution in [-0.2, 0) is 9.59 Å². The van der Waals surface area contributed by atoms with Gasteiger partial charge in [0.15, 0.2) is 0 Å². The second-order valence-corrected chi connectivity index (χ2v) is 9.09. The Hall–Kier alpha value is -1.98. The quantitative estimate of drug-likeness (QED) is 0.602. The fraction of sp³-hybridized carbons (Fsp3) is 0.333. The van der Waals surface area contributed by atoms with Crippen LogP contribution in [0.4, 0.5) is 11.4 Å². The lowest BCUT2D eigenvalue weighted by Gasteiger charge is -2.17. The van der Waals surface area contributed by atoms with E-state index in [0.29, 0.717) is 11.4 Å². The van der Waals surface area contributed by atoms with Crippen LogP contribution in [0.1, 0.15) is 32.8 Å². The molecule has 2 N–H and O–H groups in total. The highest BCUT2D eigenvalue weighted by Gasteiger charge is 2.16. The van der Waals surface area contributed by atoms with E-state index in [-0.39, 0.29) is 23.0 Å². The van der Waals surface area contributed by atoms with Gasteiger partial charge in [-0.25, -0.2) is 0 Å². The number of nitrogens with one attached hydrogen (secondary N) is 2. The molecule has 2 amide bonds. The molecule has 2 aromatic carbocycles. The maximum Gasteiger partial charge on any atom is 0.234 e. The molecule has 144 valence electrons. The third-order valence-corrected chi connectivity index (χ3v) is 4.88. The molecule has 0 bridgehead atoms. The summed E-state index contributed by atoms with van der Waals surface area (Å²) in [6, 6.07) is 12.9. The van der Waals surface area contributed by atoms with Gasteiger partial charge in [-0.2, -0.15) is 0 Å². The number of aryl methyl sites for hydroxylation is 1. The Balaban J connectivity index is 1.91. The fourth-order valence-corrected chi connectivity index (χ4v) is 3.34. The van der Waals surface area contributed by atoms with Crippen molar-refractivity contribution >= 4 is 46.6 Å². The Morgan fingerprint density at radius 1 is 1.04 bits per heavy atom. The van der Waals surface area contributed by atoms with Gasteiger partial charge in [0.25, 0.3) is 0 Å². The Kier molecular flexibility index (Phi) is 7.33. The number of carbonyl (C=O) groups is 2. The second-order valence-electron chi connectivity index (χ2n) is 7.61. The Bertz CT molecular complexity index is 831. The minimum Gasteiger partial charge on any atom is -0.326 e. The lowest BCUT2D eigenvalue weighted by Crippen LogP contribution is -2.19. The molecule has 2 rings (SSSR count). The molecule has 0 unspecified atom stereocenters. The summed E-state index contributed by atoms with van der Waals surface area (Å²) in [6.07, 6.45) is 0.450. The highest BCUT2D eigenvalue weighted by atomic mass is 35.5. The van der Waals surface area contributed by atoms with Crippen molar-refractivity contribution in [1.29, 1.82) is 0 Å². The highest BCUT2D eigenvalue weighted by molar-refractivity contribution is 8.00. The van der Waals surface area contributed by atoms with E-state index in [0.717, 1.165) is 21.8 Å². The van der Waals surface area contributed by atoms with E-state index in [1.54, 1.807) is 12.1 Å². The molecule has 0 radical (unpaired) electrons. The SMILES string of the molecule is Cc1ccc(Cl)cc1NC(=O)CSc1cccc(NC(=O)CC(C)(C)C)c1. The third-order valence-electron chi connectivity index (χ3n) is 3.65. The summed E-state index contributed by atoms with van der Waals surface area (Å²) in [5.41, 5.74) is 2.35. The molecule has 0 atom stereocenters. The first-order chi connectivity index (χ1) is 12.6. The van der Waals surface area contributed by atoms with Gasteiger partial charge < -0.3 is 10.6 Å². The van der Waals surface area contributed by atoms with Crippen LogP contribution >= 0.6 is 23.4 Å². The molecule has 0 aliphatic carbocycles. The molecule has 0 heterocycles. The van der Waals surface area contributed by atoms with Crippen LogP contribution in [0.3, 0.4) is 0 Å². The molecule has 2 aromatic rings. The average Bonchev–Trinajstić information content (AvgIpc) is 2.55. The van der Waals surface area contributed by atoms with E-state index in [2.05, 4.69) is 10.6 Å². The number of halogens is 1. The average molecular weight is 405 g/mol. The first kappa shape index (κ1) is 21.3. The van der Waals surface area contributed by atoms with Crippen LogP contribution in [0.5, 0.6) is 0 Å². The van der Waals surface area contributed by atoms with Crippen LogP contribution in [0.25, 0.3) is 0 Å². The molecular weight excluding hydrogens is 380 g/mol. The molecule has 6 heteroatoms. The normalized spacial score (nSPS) is 11.1. The van der Waals surface area contributed by atoms with Gasteiger partial charge in [-0.3, -0.25) is 9.59 Å².